The standard InChI is InChI=1S/C22H32N4O5/c1-13(2)11-16-22(31)26(5)18(19(28)15-9-7-6-8-10-15)21(30)23-12-17(27)25(4)14(3)20(29)24-16/h6-10,13-14,16,18-19,28H,11-12H2,1-5H3,(H,23,30)(H,24,29)/t14-,16-,18+,19?/m0/s1. The Morgan fingerprint density at radius 1 is 1.03 bits per heavy atom. The molecule has 4 atom stereocenters. The SMILES string of the molecule is CC(C)C[C@@H]1NC(=O)[C@H](C)N(C)C(=O)CNC(=O)[C@@H](C(O)c2ccccc2)N(C)C1=O. The van der Waals surface area contributed by atoms with Crippen molar-refractivity contribution in [2.45, 2.75) is 51.4 Å². The highest BCUT2D eigenvalue weighted by Crippen LogP contribution is 2.22. The van der Waals surface area contributed by atoms with Gasteiger partial charge in [0.1, 0.15) is 24.2 Å². The van der Waals surface area contributed by atoms with Gasteiger partial charge in [-0.15, -0.1) is 0 Å². The van der Waals surface area contributed by atoms with Crippen LogP contribution in [0.1, 0.15) is 38.9 Å². The zero-order chi connectivity index (χ0) is 23.3. The van der Waals surface area contributed by atoms with Crippen LogP contribution in [0.4, 0.5) is 0 Å². The zero-order valence-electron chi connectivity index (χ0n) is 18.7. The normalized spacial score (nSPS) is 24.9. The third-order valence-electron chi connectivity index (χ3n) is 5.56. The van der Waals surface area contributed by atoms with Crippen LogP contribution < -0.4 is 10.6 Å². The second kappa shape index (κ2) is 10.4. The fraction of sp³-hybridized carbons (Fsp3) is 0.545. The Bertz CT molecular complexity index is 813. The van der Waals surface area contributed by atoms with Gasteiger partial charge in [-0.2, -0.15) is 0 Å². The highest BCUT2D eigenvalue weighted by atomic mass is 16.3. The van der Waals surface area contributed by atoms with E-state index in [9.17, 15) is 24.3 Å². The molecule has 2 rings (SSSR count). The molecule has 170 valence electrons. The van der Waals surface area contributed by atoms with Crippen LogP contribution in [0.3, 0.4) is 0 Å². The number of aliphatic hydroxyl groups is 1. The van der Waals surface area contributed by atoms with Crippen molar-refractivity contribution in [1.29, 1.82) is 0 Å². The van der Waals surface area contributed by atoms with E-state index < -0.39 is 47.9 Å². The fourth-order valence-electron chi connectivity index (χ4n) is 3.52. The van der Waals surface area contributed by atoms with Gasteiger partial charge in [0.2, 0.25) is 23.6 Å². The first-order valence-electron chi connectivity index (χ1n) is 10.4. The quantitative estimate of drug-likeness (QED) is 0.621. The van der Waals surface area contributed by atoms with Crippen LogP contribution in [0.25, 0.3) is 0 Å². The van der Waals surface area contributed by atoms with Crippen LogP contribution in [-0.2, 0) is 19.2 Å². The molecule has 1 aromatic carbocycles. The van der Waals surface area contributed by atoms with Crippen molar-refractivity contribution in [1.82, 2.24) is 20.4 Å². The van der Waals surface area contributed by atoms with E-state index in [0.717, 1.165) is 4.90 Å². The first-order valence-corrected chi connectivity index (χ1v) is 10.4. The highest BCUT2D eigenvalue weighted by Gasteiger charge is 2.39. The monoisotopic (exact) mass is 432 g/mol. The van der Waals surface area contributed by atoms with Gasteiger partial charge in [-0.1, -0.05) is 44.2 Å². The van der Waals surface area contributed by atoms with Crippen molar-refractivity contribution in [3.05, 3.63) is 35.9 Å². The Hall–Kier alpha value is -2.94. The van der Waals surface area contributed by atoms with Gasteiger partial charge < -0.3 is 25.5 Å². The highest BCUT2D eigenvalue weighted by molar-refractivity contribution is 5.96. The third-order valence-corrected chi connectivity index (χ3v) is 5.56. The van der Waals surface area contributed by atoms with Crippen molar-refractivity contribution in [3.63, 3.8) is 0 Å². The van der Waals surface area contributed by atoms with Crippen LogP contribution in [0.15, 0.2) is 30.3 Å². The molecule has 0 aliphatic carbocycles. The Kier molecular flexibility index (Phi) is 8.15. The van der Waals surface area contributed by atoms with Gasteiger partial charge in [0.15, 0.2) is 0 Å². The van der Waals surface area contributed by atoms with E-state index in [1.165, 1.54) is 19.0 Å². The molecule has 1 unspecified atom stereocenters. The molecule has 1 aliphatic heterocycles. The average molecular weight is 433 g/mol. The van der Waals surface area contributed by atoms with Crippen molar-refractivity contribution >= 4 is 23.6 Å². The molecule has 9 nitrogen and oxygen atoms in total. The minimum Gasteiger partial charge on any atom is -0.386 e. The molecule has 1 aromatic rings. The molecule has 9 heteroatoms. The molecule has 1 aliphatic rings. The number of likely N-dealkylation sites (N-methyl/N-ethyl adjacent to an activating group) is 2. The maximum Gasteiger partial charge on any atom is 0.246 e. The number of carbonyl (C=O) groups is 4. The van der Waals surface area contributed by atoms with Crippen molar-refractivity contribution in [3.8, 4) is 0 Å². The minimum absolute atomic E-state index is 0.0801. The summed E-state index contributed by atoms with van der Waals surface area (Å²) >= 11 is 0. The van der Waals surface area contributed by atoms with Gasteiger partial charge in [-0.05, 0) is 24.8 Å². The molecule has 0 bridgehead atoms. The third kappa shape index (κ3) is 5.81. The summed E-state index contributed by atoms with van der Waals surface area (Å²) in [6.45, 7) is 5.03. The number of hydrogen-bond acceptors (Lipinski definition) is 5. The number of aliphatic hydroxyl groups excluding tert-OH is 1. The minimum atomic E-state index is -1.32. The predicted molar refractivity (Wildman–Crippen MR) is 115 cm³/mol. The average Bonchev–Trinajstić information content (AvgIpc) is 2.74. The molecule has 1 fully saturated rings. The number of hydrogen-bond donors (Lipinski definition) is 3. The lowest BCUT2D eigenvalue weighted by Crippen LogP contribution is -2.60. The van der Waals surface area contributed by atoms with E-state index in [1.807, 2.05) is 13.8 Å². The van der Waals surface area contributed by atoms with Crippen LogP contribution in [0.5, 0.6) is 0 Å². The van der Waals surface area contributed by atoms with E-state index in [4.69, 9.17) is 0 Å². The molecule has 0 saturated carbocycles. The molecule has 31 heavy (non-hydrogen) atoms. The molecular weight excluding hydrogens is 400 g/mol. The van der Waals surface area contributed by atoms with E-state index >= 15 is 0 Å². The molecule has 0 spiro atoms. The first kappa shape index (κ1) is 24.3. The zero-order valence-corrected chi connectivity index (χ0v) is 18.7. The summed E-state index contributed by atoms with van der Waals surface area (Å²) in [4.78, 5) is 53.9. The molecule has 1 heterocycles. The van der Waals surface area contributed by atoms with E-state index in [-0.39, 0.29) is 12.5 Å². The predicted octanol–water partition coefficient (Wildman–Crippen LogP) is 0.0546. The largest absolute Gasteiger partial charge is 0.386 e. The van der Waals surface area contributed by atoms with Gasteiger partial charge in [0.05, 0.1) is 6.54 Å². The Labute approximate surface area is 182 Å². The summed E-state index contributed by atoms with van der Waals surface area (Å²) in [6, 6.07) is 5.52. The maximum atomic E-state index is 13.3. The molecule has 0 radical (unpaired) electrons. The van der Waals surface area contributed by atoms with Crippen LogP contribution in [-0.4, -0.2) is 77.3 Å². The van der Waals surface area contributed by atoms with Gasteiger partial charge >= 0.3 is 0 Å². The Balaban J connectivity index is 2.47. The van der Waals surface area contributed by atoms with Crippen molar-refractivity contribution in [2.75, 3.05) is 20.6 Å². The summed E-state index contributed by atoms with van der Waals surface area (Å²) in [5.41, 5.74) is 0.455. The molecule has 0 aromatic heterocycles. The molecule has 4 amide bonds. The van der Waals surface area contributed by atoms with Gasteiger partial charge in [0, 0.05) is 14.1 Å². The number of nitrogens with zero attached hydrogens (tertiary/aromatic N) is 2. The van der Waals surface area contributed by atoms with Gasteiger partial charge in [0.25, 0.3) is 0 Å². The van der Waals surface area contributed by atoms with E-state index in [2.05, 4.69) is 10.6 Å². The van der Waals surface area contributed by atoms with E-state index in [0.29, 0.717) is 12.0 Å². The molecule has 3 N–H and O–H groups in total. The lowest BCUT2D eigenvalue weighted by Gasteiger charge is -2.35. The second-order valence-corrected chi connectivity index (χ2v) is 8.34. The Morgan fingerprint density at radius 3 is 2.23 bits per heavy atom. The summed E-state index contributed by atoms with van der Waals surface area (Å²) in [6.07, 6.45) is -0.977. The summed E-state index contributed by atoms with van der Waals surface area (Å²) in [5, 5.41) is 16.2. The number of amides is 4. The van der Waals surface area contributed by atoms with Gasteiger partial charge in [-0.3, -0.25) is 19.2 Å². The van der Waals surface area contributed by atoms with Crippen LogP contribution >= 0.6 is 0 Å². The summed E-state index contributed by atoms with van der Waals surface area (Å²) in [5.74, 6) is -1.98. The number of nitrogens with one attached hydrogen (secondary N) is 2. The fourth-order valence-corrected chi connectivity index (χ4v) is 3.52. The second-order valence-electron chi connectivity index (χ2n) is 8.34. The lowest BCUT2D eigenvalue weighted by atomic mass is 9.97. The summed E-state index contributed by atoms with van der Waals surface area (Å²) < 4.78 is 0. The lowest BCUT2D eigenvalue weighted by molar-refractivity contribution is -0.148. The Morgan fingerprint density at radius 2 is 1.65 bits per heavy atom. The molecular formula is C22H32N4O5. The van der Waals surface area contributed by atoms with E-state index in [1.54, 1.807) is 37.3 Å². The first-order chi connectivity index (χ1) is 14.5. The van der Waals surface area contributed by atoms with Gasteiger partial charge in [-0.25, -0.2) is 0 Å². The topological polar surface area (TPSA) is 119 Å². The van der Waals surface area contributed by atoms with Crippen molar-refractivity contribution < 1.29 is 24.3 Å². The number of carbonyl (C=O) groups excluding carboxylic acids is 4. The number of benzene rings is 1. The smallest absolute Gasteiger partial charge is 0.246 e. The maximum absolute atomic E-state index is 13.3. The van der Waals surface area contributed by atoms with Crippen LogP contribution in [0, 0.1) is 5.92 Å². The number of rotatable bonds is 4. The summed E-state index contributed by atoms with van der Waals surface area (Å²) in [7, 11) is 2.88. The van der Waals surface area contributed by atoms with Crippen molar-refractivity contribution in [2.24, 2.45) is 5.92 Å². The van der Waals surface area contributed by atoms with Crippen LogP contribution in [0.2, 0.25) is 0 Å². The molecule has 1 saturated heterocycles.